The van der Waals surface area contributed by atoms with Crippen molar-refractivity contribution in [3.05, 3.63) is 58.9 Å². The number of aromatic nitrogens is 1. The van der Waals surface area contributed by atoms with Gasteiger partial charge in [0.1, 0.15) is 0 Å². The standard InChI is InChI=1S/C14H12ClN3O3/c15-10-1-2-11(13(19)20)12(7-10)18-14(21)17-8-9-3-5-16-6-4-9/h1-7H,8H2,(H,19,20)(H2,17,18,21). The second kappa shape index (κ2) is 6.71. The van der Waals surface area contributed by atoms with Crippen LogP contribution < -0.4 is 10.6 Å². The summed E-state index contributed by atoms with van der Waals surface area (Å²) in [5.74, 6) is -1.14. The maximum atomic E-state index is 11.8. The molecule has 2 rings (SSSR count). The maximum absolute atomic E-state index is 11.8. The van der Waals surface area contributed by atoms with Gasteiger partial charge in [0.25, 0.3) is 0 Å². The number of hydrogen-bond acceptors (Lipinski definition) is 3. The minimum absolute atomic E-state index is 0.0292. The van der Waals surface area contributed by atoms with E-state index < -0.39 is 12.0 Å². The van der Waals surface area contributed by atoms with Gasteiger partial charge in [-0.25, -0.2) is 9.59 Å². The number of amides is 2. The Labute approximate surface area is 125 Å². The number of benzene rings is 1. The van der Waals surface area contributed by atoms with E-state index in [0.29, 0.717) is 11.6 Å². The molecule has 2 amide bonds. The van der Waals surface area contributed by atoms with Gasteiger partial charge in [-0.2, -0.15) is 0 Å². The highest BCUT2D eigenvalue weighted by Gasteiger charge is 2.12. The molecule has 21 heavy (non-hydrogen) atoms. The Bertz CT molecular complexity index is 662. The third-order valence-corrected chi connectivity index (χ3v) is 2.90. The number of anilines is 1. The molecule has 0 aliphatic heterocycles. The van der Waals surface area contributed by atoms with E-state index in [1.54, 1.807) is 24.5 Å². The topological polar surface area (TPSA) is 91.3 Å². The van der Waals surface area contributed by atoms with Crippen molar-refractivity contribution < 1.29 is 14.7 Å². The van der Waals surface area contributed by atoms with Crippen LogP contribution in [0.2, 0.25) is 5.02 Å². The summed E-state index contributed by atoms with van der Waals surface area (Å²) in [6.45, 7) is 0.303. The van der Waals surface area contributed by atoms with Crippen LogP contribution in [0.4, 0.5) is 10.5 Å². The number of hydrogen-bond donors (Lipinski definition) is 3. The lowest BCUT2D eigenvalue weighted by atomic mass is 10.2. The molecule has 1 heterocycles. The quantitative estimate of drug-likeness (QED) is 0.810. The first-order valence-corrected chi connectivity index (χ1v) is 6.40. The Morgan fingerprint density at radius 3 is 2.57 bits per heavy atom. The second-order valence-electron chi connectivity index (χ2n) is 4.16. The number of aromatic carboxylic acids is 1. The van der Waals surface area contributed by atoms with E-state index in [0.717, 1.165) is 5.56 Å². The molecule has 0 unspecified atom stereocenters. The average Bonchev–Trinajstić information content (AvgIpc) is 2.46. The smallest absolute Gasteiger partial charge is 0.337 e. The molecule has 7 heteroatoms. The molecular weight excluding hydrogens is 294 g/mol. The minimum Gasteiger partial charge on any atom is -0.478 e. The zero-order chi connectivity index (χ0) is 15.2. The lowest BCUT2D eigenvalue weighted by molar-refractivity contribution is 0.0698. The molecular formula is C14H12ClN3O3. The molecule has 1 aromatic carbocycles. The molecule has 0 saturated carbocycles. The second-order valence-corrected chi connectivity index (χ2v) is 4.59. The summed E-state index contributed by atoms with van der Waals surface area (Å²) in [5, 5.41) is 14.5. The van der Waals surface area contributed by atoms with Gasteiger partial charge >= 0.3 is 12.0 Å². The number of rotatable bonds is 4. The lowest BCUT2D eigenvalue weighted by Crippen LogP contribution is -2.28. The third kappa shape index (κ3) is 4.19. The van der Waals surface area contributed by atoms with E-state index in [2.05, 4.69) is 15.6 Å². The maximum Gasteiger partial charge on any atom is 0.337 e. The lowest BCUT2D eigenvalue weighted by Gasteiger charge is -2.10. The zero-order valence-corrected chi connectivity index (χ0v) is 11.6. The van der Waals surface area contributed by atoms with E-state index >= 15 is 0 Å². The van der Waals surface area contributed by atoms with Crippen molar-refractivity contribution in [3.63, 3.8) is 0 Å². The Balaban J connectivity index is 2.02. The fraction of sp³-hybridized carbons (Fsp3) is 0.0714. The summed E-state index contributed by atoms with van der Waals surface area (Å²) in [7, 11) is 0. The van der Waals surface area contributed by atoms with Gasteiger partial charge in [-0.3, -0.25) is 4.98 Å². The van der Waals surface area contributed by atoms with Gasteiger partial charge in [-0.05, 0) is 35.9 Å². The summed E-state index contributed by atoms with van der Waals surface area (Å²) in [6, 6.07) is 7.19. The molecule has 0 saturated heterocycles. The van der Waals surface area contributed by atoms with Gasteiger partial charge < -0.3 is 15.7 Å². The molecule has 0 bridgehead atoms. The Kier molecular flexibility index (Phi) is 4.73. The molecule has 0 atom stereocenters. The van der Waals surface area contributed by atoms with Crippen LogP contribution in [0.5, 0.6) is 0 Å². The monoisotopic (exact) mass is 305 g/mol. The van der Waals surface area contributed by atoms with Gasteiger partial charge in [0.05, 0.1) is 11.3 Å². The Morgan fingerprint density at radius 2 is 1.90 bits per heavy atom. The van der Waals surface area contributed by atoms with Crippen molar-refractivity contribution >= 4 is 29.3 Å². The van der Waals surface area contributed by atoms with E-state index in [1.807, 2.05) is 0 Å². The van der Waals surface area contributed by atoms with Crippen LogP contribution in [0.3, 0.4) is 0 Å². The fourth-order valence-electron chi connectivity index (χ4n) is 1.66. The first-order valence-electron chi connectivity index (χ1n) is 6.03. The molecule has 0 fully saturated rings. The molecule has 6 nitrogen and oxygen atoms in total. The van der Waals surface area contributed by atoms with Crippen molar-refractivity contribution in [2.75, 3.05) is 5.32 Å². The zero-order valence-electron chi connectivity index (χ0n) is 10.8. The number of halogens is 1. The normalized spacial score (nSPS) is 9.95. The van der Waals surface area contributed by atoms with Crippen molar-refractivity contribution in [1.29, 1.82) is 0 Å². The van der Waals surface area contributed by atoms with Crippen LogP contribution in [0, 0.1) is 0 Å². The van der Waals surface area contributed by atoms with Crippen molar-refractivity contribution in [3.8, 4) is 0 Å². The van der Waals surface area contributed by atoms with Crippen molar-refractivity contribution in [2.45, 2.75) is 6.54 Å². The fourth-order valence-corrected chi connectivity index (χ4v) is 1.83. The number of nitrogens with zero attached hydrogens (tertiary/aromatic N) is 1. The summed E-state index contributed by atoms with van der Waals surface area (Å²) in [5.41, 5.74) is 0.991. The van der Waals surface area contributed by atoms with Gasteiger partial charge in [0.2, 0.25) is 0 Å². The number of carbonyl (C=O) groups excluding carboxylic acids is 1. The highest BCUT2D eigenvalue weighted by atomic mass is 35.5. The number of carboxylic acid groups (broad SMARTS) is 1. The van der Waals surface area contributed by atoms with Gasteiger partial charge in [-0.1, -0.05) is 11.6 Å². The Morgan fingerprint density at radius 1 is 1.19 bits per heavy atom. The average molecular weight is 306 g/mol. The highest BCUT2D eigenvalue weighted by molar-refractivity contribution is 6.31. The largest absolute Gasteiger partial charge is 0.478 e. The predicted octanol–water partition coefficient (Wildman–Crippen LogP) is 2.75. The number of pyridine rings is 1. The molecule has 0 aliphatic rings. The van der Waals surface area contributed by atoms with Crippen LogP contribution in [-0.4, -0.2) is 22.1 Å². The minimum atomic E-state index is -1.14. The van der Waals surface area contributed by atoms with Crippen molar-refractivity contribution in [2.24, 2.45) is 0 Å². The highest BCUT2D eigenvalue weighted by Crippen LogP contribution is 2.21. The van der Waals surface area contributed by atoms with Gasteiger partial charge in [-0.15, -0.1) is 0 Å². The summed E-state index contributed by atoms with van der Waals surface area (Å²) in [6.07, 6.45) is 3.24. The molecule has 2 aromatic rings. The van der Waals surface area contributed by atoms with Crippen molar-refractivity contribution in [1.82, 2.24) is 10.3 Å². The van der Waals surface area contributed by atoms with Crippen LogP contribution in [0.15, 0.2) is 42.7 Å². The van der Waals surface area contributed by atoms with E-state index in [-0.39, 0.29) is 11.3 Å². The molecule has 3 N–H and O–H groups in total. The van der Waals surface area contributed by atoms with Crippen LogP contribution in [0.25, 0.3) is 0 Å². The van der Waals surface area contributed by atoms with Crippen LogP contribution in [-0.2, 0) is 6.54 Å². The Hall–Kier alpha value is -2.60. The molecule has 1 aromatic heterocycles. The first-order chi connectivity index (χ1) is 10.1. The third-order valence-electron chi connectivity index (χ3n) is 2.66. The van der Waals surface area contributed by atoms with E-state index in [9.17, 15) is 9.59 Å². The number of nitrogens with one attached hydrogen (secondary N) is 2. The number of carbonyl (C=O) groups is 2. The van der Waals surface area contributed by atoms with Gasteiger partial charge in [0.15, 0.2) is 0 Å². The summed E-state index contributed by atoms with van der Waals surface area (Å²) in [4.78, 5) is 26.7. The molecule has 0 aliphatic carbocycles. The number of carboxylic acids is 1. The first kappa shape index (κ1) is 14.8. The van der Waals surface area contributed by atoms with E-state index in [4.69, 9.17) is 16.7 Å². The SMILES string of the molecule is O=C(NCc1ccncc1)Nc1cc(Cl)ccc1C(=O)O. The van der Waals surface area contributed by atoms with Gasteiger partial charge in [0, 0.05) is 24.0 Å². The molecule has 0 spiro atoms. The predicted molar refractivity (Wildman–Crippen MR) is 78.5 cm³/mol. The van der Waals surface area contributed by atoms with Crippen LogP contribution >= 0.6 is 11.6 Å². The van der Waals surface area contributed by atoms with Crippen LogP contribution in [0.1, 0.15) is 15.9 Å². The number of urea groups is 1. The summed E-state index contributed by atoms with van der Waals surface area (Å²) < 4.78 is 0. The summed E-state index contributed by atoms with van der Waals surface area (Å²) >= 11 is 5.81. The molecule has 0 radical (unpaired) electrons. The molecule has 108 valence electrons. The van der Waals surface area contributed by atoms with E-state index in [1.165, 1.54) is 18.2 Å².